The molecular formula is C19H17ClF3NO. The summed E-state index contributed by atoms with van der Waals surface area (Å²) in [5, 5.41) is -0.0340. The summed E-state index contributed by atoms with van der Waals surface area (Å²) in [5.41, 5.74) is 1.20. The molecule has 0 aromatic heterocycles. The van der Waals surface area contributed by atoms with Crippen molar-refractivity contribution in [3.05, 3.63) is 69.7 Å². The van der Waals surface area contributed by atoms with Gasteiger partial charge in [-0.05, 0) is 42.2 Å². The van der Waals surface area contributed by atoms with E-state index in [-0.39, 0.29) is 29.0 Å². The Morgan fingerprint density at radius 2 is 1.92 bits per heavy atom. The smallest absolute Gasteiger partial charge is 0.335 e. The molecule has 0 spiro atoms. The molecule has 1 atom stereocenters. The molecule has 0 saturated heterocycles. The van der Waals surface area contributed by atoms with E-state index in [9.17, 15) is 18.0 Å². The molecule has 0 N–H and O–H groups in total. The molecule has 1 aliphatic heterocycles. The van der Waals surface area contributed by atoms with Gasteiger partial charge in [0.2, 0.25) is 5.91 Å². The van der Waals surface area contributed by atoms with Gasteiger partial charge in [0.05, 0.1) is 18.0 Å². The molecule has 2 aromatic carbocycles. The van der Waals surface area contributed by atoms with Crippen LogP contribution in [0.4, 0.5) is 13.2 Å². The van der Waals surface area contributed by atoms with Crippen LogP contribution in [0.15, 0.2) is 42.5 Å². The van der Waals surface area contributed by atoms with Crippen molar-refractivity contribution in [2.75, 3.05) is 6.54 Å². The predicted octanol–water partition coefficient (Wildman–Crippen LogP) is 5.05. The first kappa shape index (κ1) is 17.8. The number of nitrogens with zero attached hydrogens (tertiary/aromatic N) is 1. The Morgan fingerprint density at radius 3 is 2.64 bits per heavy atom. The number of carbonyl (C=O) groups is 1. The van der Waals surface area contributed by atoms with Crippen LogP contribution in [0.3, 0.4) is 0 Å². The first-order valence-corrected chi connectivity index (χ1v) is 8.38. The summed E-state index contributed by atoms with van der Waals surface area (Å²) in [6.07, 6.45) is -4.21. The standard InChI is InChI=1S/C19H17ClF3NO/c1-12-14-6-3-2-5-13(14)9-10-24(12)18(25)11-15-16(19(21,22)23)7-4-8-17(15)20/h2-8,12H,9-11H2,1H3. The minimum atomic E-state index is -4.54. The van der Waals surface area contributed by atoms with E-state index < -0.39 is 11.7 Å². The predicted molar refractivity (Wildman–Crippen MR) is 90.4 cm³/mol. The highest BCUT2D eigenvalue weighted by Gasteiger charge is 2.36. The van der Waals surface area contributed by atoms with Crippen LogP contribution in [0, 0.1) is 0 Å². The number of hydrogen-bond donors (Lipinski definition) is 0. The van der Waals surface area contributed by atoms with E-state index in [1.807, 2.05) is 31.2 Å². The summed E-state index contributed by atoms with van der Waals surface area (Å²) >= 11 is 5.97. The molecule has 1 amide bonds. The molecule has 0 aliphatic carbocycles. The Labute approximate surface area is 149 Å². The van der Waals surface area contributed by atoms with Gasteiger partial charge in [0.25, 0.3) is 0 Å². The van der Waals surface area contributed by atoms with Crippen LogP contribution < -0.4 is 0 Å². The van der Waals surface area contributed by atoms with Gasteiger partial charge in [-0.1, -0.05) is 41.9 Å². The SMILES string of the molecule is CC1c2ccccc2CCN1C(=O)Cc1c(Cl)cccc1C(F)(F)F. The van der Waals surface area contributed by atoms with Crippen molar-refractivity contribution in [1.82, 2.24) is 4.90 Å². The second-order valence-corrected chi connectivity index (χ2v) is 6.56. The highest BCUT2D eigenvalue weighted by atomic mass is 35.5. The molecule has 2 nitrogen and oxygen atoms in total. The normalized spacial score (nSPS) is 17.3. The van der Waals surface area contributed by atoms with Gasteiger partial charge < -0.3 is 4.90 Å². The molecule has 0 saturated carbocycles. The number of hydrogen-bond acceptors (Lipinski definition) is 1. The summed E-state index contributed by atoms with van der Waals surface area (Å²) in [5.74, 6) is -0.347. The molecule has 1 unspecified atom stereocenters. The van der Waals surface area contributed by atoms with E-state index in [0.29, 0.717) is 13.0 Å². The molecule has 6 heteroatoms. The maximum absolute atomic E-state index is 13.2. The number of carbonyl (C=O) groups excluding carboxylic acids is 1. The van der Waals surface area contributed by atoms with Crippen LogP contribution in [-0.2, 0) is 23.8 Å². The summed E-state index contributed by atoms with van der Waals surface area (Å²) < 4.78 is 39.6. The Kier molecular flexibility index (Phi) is 4.78. The van der Waals surface area contributed by atoms with Crippen LogP contribution in [0.2, 0.25) is 5.02 Å². The van der Waals surface area contributed by atoms with Crippen LogP contribution in [0.5, 0.6) is 0 Å². The van der Waals surface area contributed by atoms with Crippen LogP contribution in [0.1, 0.15) is 35.2 Å². The summed E-state index contributed by atoms with van der Waals surface area (Å²) in [4.78, 5) is 14.3. The lowest BCUT2D eigenvalue weighted by Gasteiger charge is -2.35. The monoisotopic (exact) mass is 367 g/mol. The van der Waals surface area contributed by atoms with Crippen LogP contribution in [-0.4, -0.2) is 17.4 Å². The molecule has 0 bridgehead atoms. The van der Waals surface area contributed by atoms with Gasteiger partial charge in [-0.2, -0.15) is 13.2 Å². The van der Waals surface area contributed by atoms with Gasteiger partial charge in [0.15, 0.2) is 0 Å². The number of benzene rings is 2. The fourth-order valence-corrected chi connectivity index (χ4v) is 3.61. The maximum atomic E-state index is 13.2. The molecule has 2 aromatic rings. The summed E-state index contributed by atoms with van der Waals surface area (Å²) in [6, 6.07) is 11.2. The van der Waals surface area contributed by atoms with Crippen molar-refractivity contribution in [2.45, 2.75) is 32.0 Å². The van der Waals surface area contributed by atoms with E-state index in [0.717, 1.165) is 11.6 Å². The van der Waals surface area contributed by atoms with Crippen molar-refractivity contribution in [2.24, 2.45) is 0 Å². The quantitative estimate of drug-likeness (QED) is 0.727. The lowest BCUT2D eigenvalue weighted by molar-refractivity contribution is -0.139. The minimum Gasteiger partial charge on any atom is -0.335 e. The van der Waals surface area contributed by atoms with E-state index in [2.05, 4.69) is 0 Å². The first-order valence-electron chi connectivity index (χ1n) is 8.01. The van der Waals surface area contributed by atoms with Crippen molar-refractivity contribution >= 4 is 17.5 Å². The Bertz CT molecular complexity index is 803. The largest absolute Gasteiger partial charge is 0.416 e. The van der Waals surface area contributed by atoms with Crippen molar-refractivity contribution in [1.29, 1.82) is 0 Å². The number of halogens is 4. The maximum Gasteiger partial charge on any atom is 0.416 e. The zero-order chi connectivity index (χ0) is 18.2. The van der Waals surface area contributed by atoms with Crippen molar-refractivity contribution in [3.8, 4) is 0 Å². The van der Waals surface area contributed by atoms with E-state index in [1.165, 1.54) is 17.7 Å². The van der Waals surface area contributed by atoms with Crippen molar-refractivity contribution in [3.63, 3.8) is 0 Å². The Balaban J connectivity index is 1.87. The van der Waals surface area contributed by atoms with Gasteiger partial charge in [-0.3, -0.25) is 4.79 Å². The third-order valence-electron chi connectivity index (χ3n) is 4.67. The Morgan fingerprint density at radius 1 is 1.20 bits per heavy atom. The lowest BCUT2D eigenvalue weighted by Crippen LogP contribution is -2.40. The zero-order valence-electron chi connectivity index (χ0n) is 13.6. The number of fused-ring (bicyclic) bond motifs is 1. The third-order valence-corrected chi connectivity index (χ3v) is 5.02. The van der Waals surface area contributed by atoms with E-state index in [4.69, 9.17) is 11.6 Å². The molecule has 0 radical (unpaired) electrons. The average Bonchev–Trinajstić information content (AvgIpc) is 2.56. The molecule has 1 heterocycles. The van der Waals surface area contributed by atoms with Crippen LogP contribution >= 0.6 is 11.6 Å². The molecule has 3 rings (SSSR count). The average molecular weight is 368 g/mol. The van der Waals surface area contributed by atoms with Crippen LogP contribution in [0.25, 0.3) is 0 Å². The second-order valence-electron chi connectivity index (χ2n) is 6.15. The number of amides is 1. The minimum absolute atomic E-state index is 0.0340. The molecule has 1 aliphatic rings. The topological polar surface area (TPSA) is 20.3 Å². The first-order chi connectivity index (χ1) is 11.8. The fourth-order valence-electron chi connectivity index (χ4n) is 3.37. The Hall–Kier alpha value is -2.01. The fraction of sp³-hybridized carbons (Fsp3) is 0.316. The van der Waals surface area contributed by atoms with Gasteiger partial charge in [0, 0.05) is 11.6 Å². The van der Waals surface area contributed by atoms with Crippen molar-refractivity contribution < 1.29 is 18.0 Å². The highest BCUT2D eigenvalue weighted by molar-refractivity contribution is 6.31. The molecule has 0 fully saturated rings. The van der Waals surface area contributed by atoms with Gasteiger partial charge >= 0.3 is 6.18 Å². The summed E-state index contributed by atoms with van der Waals surface area (Å²) in [6.45, 7) is 2.38. The summed E-state index contributed by atoms with van der Waals surface area (Å²) in [7, 11) is 0. The number of alkyl halides is 3. The van der Waals surface area contributed by atoms with Gasteiger partial charge in [0.1, 0.15) is 0 Å². The van der Waals surface area contributed by atoms with E-state index >= 15 is 0 Å². The molecular weight excluding hydrogens is 351 g/mol. The molecule has 132 valence electrons. The van der Waals surface area contributed by atoms with E-state index in [1.54, 1.807) is 4.90 Å². The van der Waals surface area contributed by atoms with Gasteiger partial charge in [-0.25, -0.2) is 0 Å². The third kappa shape index (κ3) is 3.52. The lowest BCUT2D eigenvalue weighted by atomic mass is 9.93. The molecule has 25 heavy (non-hydrogen) atoms. The van der Waals surface area contributed by atoms with Gasteiger partial charge in [-0.15, -0.1) is 0 Å². The highest BCUT2D eigenvalue weighted by Crippen LogP contribution is 2.36. The number of rotatable bonds is 2. The zero-order valence-corrected chi connectivity index (χ0v) is 14.4. The second kappa shape index (κ2) is 6.71.